The first-order chi connectivity index (χ1) is 9.01. The van der Waals surface area contributed by atoms with E-state index in [2.05, 4.69) is 42.8 Å². The molecule has 2 nitrogen and oxygen atoms in total. The number of piperidine rings is 1. The summed E-state index contributed by atoms with van der Waals surface area (Å²) in [6.45, 7) is 11.2. The molecule has 2 aliphatic rings. The summed E-state index contributed by atoms with van der Waals surface area (Å²) >= 11 is 0. The quantitative estimate of drug-likeness (QED) is 0.826. The van der Waals surface area contributed by atoms with Crippen LogP contribution in [0.25, 0.3) is 0 Å². The molecule has 3 rings (SSSR count). The summed E-state index contributed by atoms with van der Waals surface area (Å²) in [5, 5.41) is 0. The van der Waals surface area contributed by atoms with Crippen molar-refractivity contribution in [2.45, 2.75) is 40.0 Å². The van der Waals surface area contributed by atoms with E-state index >= 15 is 0 Å². The van der Waals surface area contributed by atoms with Gasteiger partial charge in [-0.15, -0.1) is 0 Å². The van der Waals surface area contributed by atoms with Gasteiger partial charge in [0.05, 0.1) is 0 Å². The molecule has 2 bridgehead atoms. The zero-order valence-electron chi connectivity index (χ0n) is 12.5. The first-order valence-corrected chi connectivity index (χ1v) is 7.63. The number of aromatic nitrogens is 1. The van der Waals surface area contributed by atoms with Crippen LogP contribution < -0.4 is 0 Å². The molecule has 2 fully saturated rings. The molecule has 104 valence electrons. The molecule has 2 heterocycles. The van der Waals surface area contributed by atoms with Crippen molar-refractivity contribution in [1.82, 2.24) is 9.88 Å². The normalized spacial score (nSPS) is 33.5. The highest BCUT2D eigenvalue weighted by atomic mass is 15.2. The molecule has 0 aromatic carbocycles. The Bertz CT molecular complexity index is 440. The van der Waals surface area contributed by atoms with Gasteiger partial charge < -0.3 is 4.90 Å². The summed E-state index contributed by atoms with van der Waals surface area (Å²) in [4.78, 5) is 7.11. The van der Waals surface area contributed by atoms with E-state index in [9.17, 15) is 0 Å². The second kappa shape index (κ2) is 4.59. The molecular weight excluding hydrogens is 232 g/mol. The minimum Gasteiger partial charge on any atom is -0.302 e. The average Bonchev–Trinajstić information content (AvgIpc) is 2.56. The molecule has 1 aromatic rings. The lowest BCUT2D eigenvalue weighted by Gasteiger charge is -2.50. The third kappa shape index (κ3) is 2.20. The van der Waals surface area contributed by atoms with Gasteiger partial charge in [0, 0.05) is 37.9 Å². The maximum atomic E-state index is 4.44. The van der Waals surface area contributed by atoms with E-state index in [-0.39, 0.29) is 0 Å². The summed E-state index contributed by atoms with van der Waals surface area (Å²) in [5.74, 6) is 0.884. The van der Waals surface area contributed by atoms with Gasteiger partial charge in [0.15, 0.2) is 0 Å². The van der Waals surface area contributed by atoms with Gasteiger partial charge >= 0.3 is 0 Å². The number of fused-ring (bicyclic) bond motifs is 2. The second-order valence-electron chi connectivity index (χ2n) is 7.32. The highest BCUT2D eigenvalue weighted by Crippen LogP contribution is 2.58. The zero-order valence-corrected chi connectivity index (χ0v) is 12.5. The molecule has 1 saturated heterocycles. The Hall–Kier alpha value is -0.890. The lowest BCUT2D eigenvalue weighted by Crippen LogP contribution is -2.52. The number of hydrogen-bond acceptors (Lipinski definition) is 2. The summed E-state index contributed by atoms with van der Waals surface area (Å²) in [6.07, 6.45) is 5.82. The molecule has 1 aliphatic carbocycles. The van der Waals surface area contributed by atoms with E-state index in [1.54, 1.807) is 0 Å². The van der Waals surface area contributed by atoms with Crippen LogP contribution in [0.15, 0.2) is 24.4 Å². The van der Waals surface area contributed by atoms with E-state index in [4.69, 9.17) is 0 Å². The lowest BCUT2D eigenvalue weighted by atomic mass is 9.63. The fourth-order valence-electron chi connectivity index (χ4n) is 4.13. The number of pyridine rings is 1. The molecule has 0 radical (unpaired) electrons. The third-order valence-corrected chi connectivity index (χ3v) is 6.08. The van der Waals surface area contributed by atoms with Gasteiger partial charge in [0.1, 0.15) is 0 Å². The molecule has 19 heavy (non-hydrogen) atoms. The average molecular weight is 258 g/mol. The van der Waals surface area contributed by atoms with Crippen molar-refractivity contribution in [1.29, 1.82) is 0 Å². The van der Waals surface area contributed by atoms with E-state index in [1.165, 1.54) is 38.2 Å². The van der Waals surface area contributed by atoms with Crippen LogP contribution in [0.1, 0.15) is 39.3 Å². The zero-order chi connectivity index (χ0) is 13.5. The SMILES string of the molecule is CC1(C)C2CC[C@]1(C)CN(CCc1ccccn1)C2. The molecule has 2 heteroatoms. The summed E-state index contributed by atoms with van der Waals surface area (Å²) in [7, 11) is 0. The van der Waals surface area contributed by atoms with Crippen molar-refractivity contribution in [3.05, 3.63) is 30.1 Å². The Kier molecular flexibility index (Phi) is 3.17. The van der Waals surface area contributed by atoms with Crippen molar-refractivity contribution in [3.8, 4) is 0 Å². The lowest BCUT2D eigenvalue weighted by molar-refractivity contribution is -0.0170. The summed E-state index contributed by atoms with van der Waals surface area (Å²) < 4.78 is 0. The number of nitrogens with zero attached hydrogens (tertiary/aromatic N) is 2. The van der Waals surface area contributed by atoms with Crippen molar-refractivity contribution in [2.24, 2.45) is 16.7 Å². The highest BCUT2D eigenvalue weighted by molar-refractivity contribution is 5.07. The van der Waals surface area contributed by atoms with Gasteiger partial charge in [-0.05, 0) is 41.7 Å². The smallest absolute Gasteiger partial charge is 0.0416 e. The standard InChI is InChI=1S/C17H26N2/c1-16(2)14-7-9-17(16,3)13-19(12-14)11-8-15-6-4-5-10-18-15/h4-6,10,14H,7-9,11-13H2,1-3H3/t14?,17-/m1/s1. The fraction of sp³-hybridized carbons (Fsp3) is 0.706. The third-order valence-electron chi connectivity index (χ3n) is 6.08. The van der Waals surface area contributed by atoms with Gasteiger partial charge in [-0.2, -0.15) is 0 Å². The number of hydrogen-bond donors (Lipinski definition) is 0. The predicted molar refractivity (Wildman–Crippen MR) is 79.0 cm³/mol. The molecule has 1 unspecified atom stereocenters. The molecule has 1 aliphatic heterocycles. The van der Waals surface area contributed by atoms with E-state index in [0.29, 0.717) is 10.8 Å². The molecule has 0 N–H and O–H groups in total. The molecule has 0 amide bonds. The molecule has 1 saturated carbocycles. The first kappa shape index (κ1) is 13.1. The van der Waals surface area contributed by atoms with Crippen molar-refractivity contribution in [3.63, 3.8) is 0 Å². The van der Waals surface area contributed by atoms with E-state index in [0.717, 1.165) is 12.3 Å². The Morgan fingerprint density at radius 3 is 2.84 bits per heavy atom. The van der Waals surface area contributed by atoms with Crippen LogP contribution in [0.3, 0.4) is 0 Å². The Labute approximate surface area is 117 Å². The number of likely N-dealkylation sites (tertiary alicyclic amines) is 1. The van der Waals surface area contributed by atoms with Crippen molar-refractivity contribution >= 4 is 0 Å². The fourth-order valence-corrected chi connectivity index (χ4v) is 4.13. The van der Waals surface area contributed by atoms with Gasteiger partial charge in [-0.3, -0.25) is 4.98 Å². The van der Waals surface area contributed by atoms with Gasteiger partial charge in [0.25, 0.3) is 0 Å². The topological polar surface area (TPSA) is 16.1 Å². The van der Waals surface area contributed by atoms with E-state index in [1.807, 2.05) is 12.3 Å². The largest absolute Gasteiger partial charge is 0.302 e. The predicted octanol–water partition coefficient (Wildman–Crippen LogP) is 3.38. The maximum absolute atomic E-state index is 4.44. The molecule has 1 aromatic heterocycles. The van der Waals surface area contributed by atoms with Crippen molar-refractivity contribution in [2.75, 3.05) is 19.6 Å². The minimum absolute atomic E-state index is 0.514. The van der Waals surface area contributed by atoms with Crippen molar-refractivity contribution < 1.29 is 0 Å². The second-order valence-corrected chi connectivity index (χ2v) is 7.32. The Balaban J connectivity index is 1.63. The highest BCUT2D eigenvalue weighted by Gasteiger charge is 2.55. The van der Waals surface area contributed by atoms with Gasteiger partial charge in [-0.25, -0.2) is 0 Å². The van der Waals surface area contributed by atoms with Gasteiger partial charge in [0.2, 0.25) is 0 Å². The molecule has 2 atom stereocenters. The van der Waals surface area contributed by atoms with Crippen LogP contribution in [0, 0.1) is 16.7 Å². The van der Waals surface area contributed by atoms with Crippen LogP contribution in [-0.2, 0) is 6.42 Å². The Morgan fingerprint density at radius 1 is 1.32 bits per heavy atom. The monoisotopic (exact) mass is 258 g/mol. The maximum Gasteiger partial charge on any atom is 0.0416 e. The summed E-state index contributed by atoms with van der Waals surface area (Å²) in [5.41, 5.74) is 2.26. The van der Waals surface area contributed by atoms with Gasteiger partial charge in [-0.1, -0.05) is 26.8 Å². The van der Waals surface area contributed by atoms with Crippen LogP contribution in [-0.4, -0.2) is 29.5 Å². The number of rotatable bonds is 3. The van der Waals surface area contributed by atoms with Crippen LogP contribution >= 0.6 is 0 Å². The minimum atomic E-state index is 0.514. The summed E-state index contributed by atoms with van der Waals surface area (Å²) in [6, 6.07) is 6.23. The van der Waals surface area contributed by atoms with Crippen LogP contribution in [0.4, 0.5) is 0 Å². The van der Waals surface area contributed by atoms with E-state index < -0.39 is 0 Å². The first-order valence-electron chi connectivity index (χ1n) is 7.63. The molecule has 0 spiro atoms. The molecular formula is C17H26N2. The van der Waals surface area contributed by atoms with Crippen LogP contribution in [0.5, 0.6) is 0 Å². The Morgan fingerprint density at radius 2 is 2.16 bits per heavy atom. The van der Waals surface area contributed by atoms with Crippen LogP contribution in [0.2, 0.25) is 0 Å².